The zero-order chi connectivity index (χ0) is 14.6. The Morgan fingerprint density at radius 3 is 2.76 bits per heavy atom. The van der Waals surface area contributed by atoms with Crippen LogP contribution in [0.4, 0.5) is 0 Å². The largest absolute Gasteiger partial charge is 0.486 e. The molecule has 3 aliphatic rings. The molecular formula is C16H18N2O3. The van der Waals surface area contributed by atoms with Crippen LogP contribution in [0.1, 0.15) is 23.2 Å². The highest BCUT2D eigenvalue weighted by Crippen LogP contribution is 2.35. The van der Waals surface area contributed by atoms with E-state index >= 15 is 0 Å². The van der Waals surface area contributed by atoms with Crippen molar-refractivity contribution in [2.45, 2.75) is 25.0 Å². The summed E-state index contributed by atoms with van der Waals surface area (Å²) >= 11 is 0. The number of likely N-dealkylation sites (tertiary alicyclic amines) is 1. The van der Waals surface area contributed by atoms with Gasteiger partial charge in [0.05, 0.1) is 18.2 Å². The van der Waals surface area contributed by atoms with Crippen LogP contribution in [-0.4, -0.2) is 53.9 Å². The van der Waals surface area contributed by atoms with Crippen LogP contribution in [0.15, 0.2) is 24.3 Å². The van der Waals surface area contributed by atoms with Gasteiger partial charge in [0.1, 0.15) is 11.9 Å². The second-order valence-electron chi connectivity index (χ2n) is 6.15. The fraction of sp³-hybridized carbons (Fsp3) is 0.500. The molecule has 0 aromatic heterocycles. The Bertz CT molecular complexity index is 611. The molecule has 0 radical (unpaired) electrons. The van der Waals surface area contributed by atoms with Gasteiger partial charge in [-0.1, -0.05) is 12.1 Å². The molecule has 1 aromatic rings. The maximum atomic E-state index is 12.5. The molecule has 5 heteroatoms. The van der Waals surface area contributed by atoms with E-state index in [-0.39, 0.29) is 29.9 Å². The van der Waals surface area contributed by atoms with Gasteiger partial charge >= 0.3 is 0 Å². The van der Waals surface area contributed by atoms with Crippen molar-refractivity contribution in [3.05, 3.63) is 29.8 Å². The SMILES string of the molecule is CN1C(=O)c2ccccc2OC2CN(C(=O)C3CC3)CC21. The number of carbonyl (C=O) groups excluding carboxylic acids is 2. The van der Waals surface area contributed by atoms with Crippen molar-refractivity contribution in [2.24, 2.45) is 5.92 Å². The van der Waals surface area contributed by atoms with E-state index in [0.29, 0.717) is 24.4 Å². The summed E-state index contributed by atoms with van der Waals surface area (Å²) in [5.74, 6) is 1.03. The zero-order valence-corrected chi connectivity index (χ0v) is 12.0. The van der Waals surface area contributed by atoms with E-state index in [1.54, 1.807) is 18.0 Å². The van der Waals surface area contributed by atoms with Gasteiger partial charge in [0.2, 0.25) is 5.91 Å². The first-order valence-corrected chi connectivity index (χ1v) is 7.47. The molecule has 0 N–H and O–H groups in total. The Kier molecular flexibility index (Phi) is 2.71. The summed E-state index contributed by atoms with van der Waals surface area (Å²) in [5, 5.41) is 0. The Balaban J connectivity index is 1.63. The minimum absolute atomic E-state index is 0.0289. The topological polar surface area (TPSA) is 49.9 Å². The molecule has 5 nitrogen and oxygen atoms in total. The first kappa shape index (κ1) is 12.7. The number of hydrogen-bond donors (Lipinski definition) is 0. The number of benzene rings is 1. The highest BCUT2D eigenvalue weighted by Gasteiger charge is 2.46. The van der Waals surface area contributed by atoms with Crippen LogP contribution < -0.4 is 4.74 Å². The molecule has 1 aromatic carbocycles. The molecule has 2 unspecified atom stereocenters. The van der Waals surface area contributed by atoms with Crippen LogP contribution in [0.3, 0.4) is 0 Å². The van der Waals surface area contributed by atoms with Crippen molar-refractivity contribution in [1.29, 1.82) is 0 Å². The van der Waals surface area contributed by atoms with E-state index in [9.17, 15) is 9.59 Å². The van der Waals surface area contributed by atoms with E-state index in [1.807, 2.05) is 23.1 Å². The predicted octanol–water partition coefficient (Wildman–Crippen LogP) is 1.14. The number of amides is 2. The highest BCUT2D eigenvalue weighted by molar-refractivity contribution is 5.97. The summed E-state index contributed by atoms with van der Waals surface area (Å²) in [4.78, 5) is 28.4. The number of carbonyl (C=O) groups is 2. The summed E-state index contributed by atoms with van der Waals surface area (Å²) in [6.07, 6.45) is 1.87. The molecule has 1 saturated heterocycles. The Morgan fingerprint density at radius 1 is 1.24 bits per heavy atom. The number of ether oxygens (including phenoxy) is 1. The monoisotopic (exact) mass is 286 g/mol. The van der Waals surface area contributed by atoms with Crippen LogP contribution in [-0.2, 0) is 4.79 Å². The number of hydrogen-bond acceptors (Lipinski definition) is 3. The minimum Gasteiger partial charge on any atom is -0.486 e. The summed E-state index contributed by atoms with van der Waals surface area (Å²) in [5.41, 5.74) is 0.606. The van der Waals surface area contributed by atoms with E-state index in [4.69, 9.17) is 4.74 Å². The van der Waals surface area contributed by atoms with Crippen molar-refractivity contribution in [1.82, 2.24) is 9.80 Å². The first-order chi connectivity index (χ1) is 10.1. The maximum absolute atomic E-state index is 12.5. The summed E-state index contributed by atoms with van der Waals surface area (Å²) in [6.45, 7) is 1.15. The zero-order valence-electron chi connectivity index (χ0n) is 12.0. The van der Waals surface area contributed by atoms with Crippen molar-refractivity contribution in [3.63, 3.8) is 0 Å². The van der Waals surface area contributed by atoms with E-state index in [1.165, 1.54) is 0 Å². The van der Waals surface area contributed by atoms with Crippen molar-refractivity contribution in [3.8, 4) is 5.75 Å². The molecule has 110 valence electrons. The quantitative estimate of drug-likeness (QED) is 0.778. The van der Waals surface area contributed by atoms with Gasteiger partial charge in [-0.25, -0.2) is 0 Å². The van der Waals surface area contributed by atoms with Gasteiger partial charge in [0.25, 0.3) is 5.91 Å². The average Bonchev–Trinajstić information content (AvgIpc) is 3.27. The van der Waals surface area contributed by atoms with Gasteiger partial charge in [-0.2, -0.15) is 0 Å². The number of para-hydroxylation sites is 1. The number of fused-ring (bicyclic) bond motifs is 2. The van der Waals surface area contributed by atoms with Crippen LogP contribution in [0, 0.1) is 5.92 Å². The van der Waals surface area contributed by atoms with Crippen molar-refractivity contribution in [2.75, 3.05) is 20.1 Å². The van der Waals surface area contributed by atoms with Crippen molar-refractivity contribution >= 4 is 11.8 Å². The fourth-order valence-electron chi connectivity index (χ4n) is 3.26. The van der Waals surface area contributed by atoms with E-state index in [0.717, 1.165) is 12.8 Å². The van der Waals surface area contributed by atoms with Crippen LogP contribution in [0.25, 0.3) is 0 Å². The molecule has 1 aliphatic carbocycles. The van der Waals surface area contributed by atoms with Crippen LogP contribution in [0.5, 0.6) is 5.75 Å². The molecule has 0 bridgehead atoms. The number of rotatable bonds is 1. The molecule has 0 spiro atoms. The number of likely N-dealkylation sites (N-methyl/N-ethyl adjacent to an activating group) is 1. The van der Waals surface area contributed by atoms with Gasteiger partial charge in [0, 0.05) is 19.5 Å². The standard InChI is InChI=1S/C16H18N2O3/c1-17-12-8-18(15(19)10-6-7-10)9-14(12)21-13-5-3-2-4-11(13)16(17)20/h2-5,10,12,14H,6-9H2,1H3. The molecule has 2 amide bonds. The molecule has 2 atom stereocenters. The molecule has 1 saturated carbocycles. The number of nitrogens with zero attached hydrogens (tertiary/aromatic N) is 2. The normalized spacial score (nSPS) is 27.8. The molecule has 21 heavy (non-hydrogen) atoms. The second-order valence-corrected chi connectivity index (χ2v) is 6.15. The lowest BCUT2D eigenvalue weighted by Gasteiger charge is -2.25. The Morgan fingerprint density at radius 2 is 2.00 bits per heavy atom. The lowest BCUT2D eigenvalue weighted by Crippen LogP contribution is -2.44. The highest BCUT2D eigenvalue weighted by atomic mass is 16.5. The van der Waals surface area contributed by atoms with Gasteiger partial charge < -0.3 is 14.5 Å². The van der Waals surface area contributed by atoms with E-state index < -0.39 is 0 Å². The van der Waals surface area contributed by atoms with E-state index in [2.05, 4.69) is 0 Å². The Labute approximate surface area is 123 Å². The third-order valence-corrected chi connectivity index (χ3v) is 4.69. The summed E-state index contributed by atoms with van der Waals surface area (Å²) in [7, 11) is 1.80. The summed E-state index contributed by atoms with van der Waals surface area (Å²) in [6, 6.07) is 7.27. The minimum atomic E-state index is -0.134. The summed E-state index contributed by atoms with van der Waals surface area (Å²) < 4.78 is 6.05. The van der Waals surface area contributed by atoms with Gasteiger partial charge in [-0.15, -0.1) is 0 Å². The molecular weight excluding hydrogens is 268 g/mol. The predicted molar refractivity (Wildman–Crippen MR) is 76.0 cm³/mol. The smallest absolute Gasteiger partial charge is 0.257 e. The van der Waals surface area contributed by atoms with Gasteiger partial charge in [-0.3, -0.25) is 9.59 Å². The van der Waals surface area contributed by atoms with Gasteiger partial charge in [-0.05, 0) is 25.0 Å². The second kappa shape index (κ2) is 4.48. The van der Waals surface area contributed by atoms with Crippen molar-refractivity contribution < 1.29 is 14.3 Å². The maximum Gasteiger partial charge on any atom is 0.257 e. The van der Waals surface area contributed by atoms with Crippen LogP contribution >= 0.6 is 0 Å². The Hall–Kier alpha value is -2.04. The molecule has 2 heterocycles. The lowest BCUT2D eigenvalue weighted by atomic mass is 10.1. The first-order valence-electron chi connectivity index (χ1n) is 7.47. The molecule has 2 fully saturated rings. The molecule has 2 aliphatic heterocycles. The molecule has 4 rings (SSSR count). The fourth-order valence-corrected chi connectivity index (χ4v) is 3.26. The third-order valence-electron chi connectivity index (χ3n) is 4.69. The lowest BCUT2D eigenvalue weighted by molar-refractivity contribution is -0.131. The van der Waals surface area contributed by atoms with Gasteiger partial charge in [0.15, 0.2) is 0 Å². The third kappa shape index (κ3) is 1.99. The average molecular weight is 286 g/mol. The van der Waals surface area contributed by atoms with Crippen LogP contribution in [0.2, 0.25) is 0 Å².